The van der Waals surface area contributed by atoms with Crippen molar-refractivity contribution in [3.05, 3.63) is 0 Å². The molecule has 0 aromatic rings. The Morgan fingerprint density at radius 3 is 2.43 bits per heavy atom. The molecular formula is C18H34N2O3. The van der Waals surface area contributed by atoms with Gasteiger partial charge in [0.1, 0.15) is 5.60 Å². The van der Waals surface area contributed by atoms with Gasteiger partial charge >= 0.3 is 6.09 Å². The van der Waals surface area contributed by atoms with Crippen molar-refractivity contribution in [2.45, 2.75) is 84.0 Å². The van der Waals surface area contributed by atoms with Gasteiger partial charge < -0.3 is 20.1 Å². The number of carbonyl (C=O) groups excluding carboxylic acids is 1. The minimum atomic E-state index is -0.655. The van der Waals surface area contributed by atoms with Gasteiger partial charge in [-0.15, -0.1) is 0 Å². The number of carbonyl (C=O) groups is 1. The van der Waals surface area contributed by atoms with Crippen LogP contribution < -0.4 is 5.32 Å². The average molecular weight is 326 g/mol. The minimum Gasteiger partial charge on any atom is -0.444 e. The van der Waals surface area contributed by atoms with Crippen molar-refractivity contribution in [2.24, 2.45) is 5.41 Å². The molecule has 0 spiro atoms. The van der Waals surface area contributed by atoms with Gasteiger partial charge in [-0.1, -0.05) is 13.8 Å². The number of nitrogens with zero attached hydrogens (tertiary/aromatic N) is 1. The SMILES string of the molecule is CC1(C)CCC(CC2(O)CCNCC2)N(C(=O)OC(C)(C)C)C1. The number of likely N-dealkylation sites (tertiary alicyclic amines) is 1. The van der Waals surface area contributed by atoms with Crippen LogP contribution in [0.5, 0.6) is 0 Å². The van der Waals surface area contributed by atoms with E-state index in [1.54, 1.807) is 0 Å². The summed E-state index contributed by atoms with van der Waals surface area (Å²) in [5.41, 5.74) is -1.04. The maximum atomic E-state index is 12.7. The summed E-state index contributed by atoms with van der Waals surface area (Å²) >= 11 is 0. The van der Waals surface area contributed by atoms with Crippen LogP contribution in [0.25, 0.3) is 0 Å². The second-order valence-electron chi connectivity index (χ2n) is 9.14. The quantitative estimate of drug-likeness (QED) is 0.819. The molecule has 0 aliphatic carbocycles. The van der Waals surface area contributed by atoms with Crippen LogP contribution in [-0.4, -0.2) is 53.0 Å². The molecule has 1 atom stereocenters. The fourth-order valence-electron chi connectivity index (χ4n) is 3.66. The van der Waals surface area contributed by atoms with Crippen LogP contribution in [0.1, 0.15) is 66.7 Å². The van der Waals surface area contributed by atoms with Crippen molar-refractivity contribution in [3.8, 4) is 0 Å². The molecule has 23 heavy (non-hydrogen) atoms. The van der Waals surface area contributed by atoms with E-state index in [-0.39, 0.29) is 17.6 Å². The first-order valence-electron chi connectivity index (χ1n) is 8.93. The van der Waals surface area contributed by atoms with Crippen LogP contribution in [0.2, 0.25) is 0 Å². The van der Waals surface area contributed by atoms with E-state index >= 15 is 0 Å². The van der Waals surface area contributed by atoms with Crippen molar-refractivity contribution >= 4 is 6.09 Å². The van der Waals surface area contributed by atoms with Gasteiger partial charge in [0.2, 0.25) is 0 Å². The Labute approximate surface area is 140 Å². The highest BCUT2D eigenvalue weighted by molar-refractivity contribution is 5.68. The van der Waals surface area contributed by atoms with Gasteiger partial charge in [0.15, 0.2) is 0 Å². The Bertz CT molecular complexity index is 422. The van der Waals surface area contributed by atoms with Crippen LogP contribution in [0.15, 0.2) is 0 Å². The molecule has 0 aromatic heterocycles. The largest absolute Gasteiger partial charge is 0.444 e. The molecule has 0 saturated carbocycles. The molecule has 2 aliphatic heterocycles. The monoisotopic (exact) mass is 326 g/mol. The molecular weight excluding hydrogens is 292 g/mol. The van der Waals surface area contributed by atoms with E-state index in [4.69, 9.17) is 4.74 Å². The number of rotatable bonds is 2. The normalized spacial score (nSPS) is 27.6. The number of nitrogens with one attached hydrogen (secondary N) is 1. The lowest BCUT2D eigenvalue weighted by Gasteiger charge is -2.46. The predicted octanol–water partition coefficient (Wildman–Crippen LogP) is 2.92. The molecule has 2 fully saturated rings. The van der Waals surface area contributed by atoms with Gasteiger partial charge in [-0.2, -0.15) is 0 Å². The Morgan fingerprint density at radius 2 is 1.87 bits per heavy atom. The zero-order valence-corrected chi connectivity index (χ0v) is 15.4. The summed E-state index contributed by atoms with van der Waals surface area (Å²) in [5, 5.41) is 14.2. The second kappa shape index (κ2) is 6.60. The Hall–Kier alpha value is -0.810. The van der Waals surface area contributed by atoms with Crippen LogP contribution in [0, 0.1) is 5.41 Å². The highest BCUT2D eigenvalue weighted by Gasteiger charge is 2.42. The van der Waals surface area contributed by atoms with Crippen molar-refractivity contribution in [3.63, 3.8) is 0 Å². The fraction of sp³-hybridized carbons (Fsp3) is 0.944. The maximum Gasteiger partial charge on any atom is 0.410 e. The molecule has 5 heteroatoms. The van der Waals surface area contributed by atoms with Crippen LogP contribution in [-0.2, 0) is 4.74 Å². The molecule has 1 amide bonds. The zero-order chi connectivity index (χ0) is 17.3. The molecule has 0 radical (unpaired) electrons. The molecule has 0 bridgehead atoms. The van der Waals surface area contributed by atoms with E-state index in [0.29, 0.717) is 13.0 Å². The Morgan fingerprint density at radius 1 is 1.26 bits per heavy atom. The third-order valence-electron chi connectivity index (χ3n) is 4.97. The van der Waals surface area contributed by atoms with Crippen LogP contribution >= 0.6 is 0 Å². The first kappa shape index (κ1) is 18.5. The number of amides is 1. The van der Waals surface area contributed by atoms with Crippen molar-refractivity contribution in [2.75, 3.05) is 19.6 Å². The topological polar surface area (TPSA) is 61.8 Å². The first-order chi connectivity index (χ1) is 10.5. The molecule has 2 N–H and O–H groups in total. The fourth-order valence-corrected chi connectivity index (χ4v) is 3.66. The molecule has 1 unspecified atom stereocenters. The van der Waals surface area contributed by atoms with Gasteiger partial charge in [0, 0.05) is 12.6 Å². The smallest absolute Gasteiger partial charge is 0.410 e. The standard InChI is InChI=1S/C18H34N2O3/c1-16(2,3)23-15(21)20-13-17(4,5)7-6-14(20)12-18(22)8-10-19-11-9-18/h14,19,22H,6-13H2,1-5H3. The highest BCUT2D eigenvalue weighted by Crippen LogP contribution is 2.37. The number of ether oxygens (including phenoxy) is 1. The lowest BCUT2D eigenvalue weighted by atomic mass is 9.77. The molecule has 2 rings (SSSR count). The molecule has 2 heterocycles. The number of hydrogen-bond donors (Lipinski definition) is 2. The molecule has 0 aromatic carbocycles. The van der Waals surface area contributed by atoms with E-state index in [1.165, 1.54) is 0 Å². The van der Waals surface area contributed by atoms with E-state index in [1.807, 2.05) is 25.7 Å². The van der Waals surface area contributed by atoms with Gasteiger partial charge in [-0.05, 0) is 71.4 Å². The predicted molar refractivity (Wildman–Crippen MR) is 91.4 cm³/mol. The highest BCUT2D eigenvalue weighted by atomic mass is 16.6. The number of piperidine rings is 2. The van der Waals surface area contributed by atoms with Crippen molar-refractivity contribution in [1.82, 2.24) is 10.2 Å². The van der Waals surface area contributed by atoms with Crippen molar-refractivity contribution in [1.29, 1.82) is 0 Å². The number of aliphatic hydroxyl groups is 1. The minimum absolute atomic E-state index is 0.0703. The van der Waals surface area contributed by atoms with Gasteiger partial charge in [0.25, 0.3) is 0 Å². The third-order valence-corrected chi connectivity index (χ3v) is 4.97. The first-order valence-corrected chi connectivity index (χ1v) is 8.93. The maximum absolute atomic E-state index is 12.7. The van der Waals surface area contributed by atoms with Gasteiger partial charge in [0.05, 0.1) is 5.60 Å². The van der Waals surface area contributed by atoms with Crippen LogP contribution in [0.3, 0.4) is 0 Å². The summed E-state index contributed by atoms with van der Waals surface area (Å²) in [7, 11) is 0. The van der Waals surface area contributed by atoms with E-state index in [9.17, 15) is 9.90 Å². The van der Waals surface area contributed by atoms with E-state index < -0.39 is 11.2 Å². The molecule has 134 valence electrons. The number of hydrogen-bond acceptors (Lipinski definition) is 4. The lowest BCUT2D eigenvalue weighted by Crippen LogP contribution is -2.55. The van der Waals surface area contributed by atoms with E-state index in [0.717, 1.165) is 38.8 Å². The van der Waals surface area contributed by atoms with Crippen molar-refractivity contribution < 1.29 is 14.6 Å². The zero-order valence-electron chi connectivity index (χ0n) is 15.4. The van der Waals surface area contributed by atoms with Crippen LogP contribution in [0.4, 0.5) is 4.79 Å². The summed E-state index contributed by atoms with van der Waals surface area (Å²) in [6.45, 7) is 12.5. The average Bonchev–Trinajstić information content (AvgIpc) is 2.39. The summed E-state index contributed by atoms with van der Waals surface area (Å²) in [5.74, 6) is 0. The molecule has 2 saturated heterocycles. The molecule has 5 nitrogen and oxygen atoms in total. The second-order valence-corrected chi connectivity index (χ2v) is 9.14. The van der Waals surface area contributed by atoms with Gasteiger partial charge in [-0.25, -0.2) is 4.79 Å². The summed E-state index contributed by atoms with van der Waals surface area (Å²) in [6, 6.07) is 0.0703. The Kier molecular flexibility index (Phi) is 5.31. The Balaban J connectivity index is 2.10. The summed E-state index contributed by atoms with van der Waals surface area (Å²) in [4.78, 5) is 14.5. The molecule has 2 aliphatic rings. The third kappa shape index (κ3) is 5.35. The lowest BCUT2D eigenvalue weighted by molar-refractivity contribution is -0.0490. The summed E-state index contributed by atoms with van der Waals surface area (Å²) in [6.07, 6.45) is 3.94. The van der Waals surface area contributed by atoms with E-state index in [2.05, 4.69) is 19.2 Å². The summed E-state index contributed by atoms with van der Waals surface area (Å²) < 4.78 is 5.62. The van der Waals surface area contributed by atoms with Gasteiger partial charge in [-0.3, -0.25) is 0 Å².